The number of hydrogen-bond acceptors (Lipinski definition) is 2. The third kappa shape index (κ3) is 8.43. The summed E-state index contributed by atoms with van der Waals surface area (Å²) in [5.41, 5.74) is 4.93. The van der Waals surface area contributed by atoms with Gasteiger partial charge in [0, 0.05) is 11.8 Å². The van der Waals surface area contributed by atoms with E-state index in [0.29, 0.717) is 27.0 Å². The Labute approximate surface area is 258 Å². The number of nitrogens with zero attached hydrogens (tertiary/aromatic N) is 1. The lowest BCUT2D eigenvalue weighted by molar-refractivity contribution is 0.221. The Morgan fingerprint density at radius 1 is 0.721 bits per heavy atom. The van der Waals surface area contributed by atoms with Crippen LogP contribution in [0, 0.1) is 17.7 Å². The largest absolute Gasteiger partial charge is 0.488 e. The first-order valence-electron chi connectivity index (χ1n) is 16.0. The molecule has 222 valence electrons. The highest BCUT2D eigenvalue weighted by atomic mass is 31.1. The van der Waals surface area contributed by atoms with Crippen molar-refractivity contribution < 1.29 is 9.13 Å². The highest BCUT2D eigenvalue weighted by molar-refractivity contribution is 7.55. The van der Waals surface area contributed by atoms with E-state index in [0.717, 1.165) is 56.6 Å². The summed E-state index contributed by atoms with van der Waals surface area (Å²) in [5.74, 6) is 1.82. The van der Waals surface area contributed by atoms with E-state index >= 15 is 0 Å². The lowest BCUT2D eigenvalue weighted by Crippen LogP contribution is -2.31. The van der Waals surface area contributed by atoms with Crippen molar-refractivity contribution in [3.63, 3.8) is 0 Å². The van der Waals surface area contributed by atoms with E-state index < -0.39 is 0 Å². The first-order chi connectivity index (χ1) is 21.2. The minimum absolute atomic E-state index is 0.148. The van der Waals surface area contributed by atoms with Gasteiger partial charge in [-0.3, -0.25) is 4.90 Å². The van der Waals surface area contributed by atoms with Crippen molar-refractivity contribution in [3.8, 4) is 5.75 Å². The standard InChI is InChI=1S/C39H43FNOP/c40-36-19-20-37(35(27-36)28-41-21-11-4-12-22-41)43-38-26-33(23-30-13-5-1-6-14-30)25-34(24-31-15-7-2-8-16-31)39(38)42-29-32-17-9-3-10-18-32/h1-3,5-10,13,15,17-20,25-27,30-31,43H,4,11-12,14,16,21-24,28-29H2. The number of likely N-dealkylation sites (tertiary alicyclic amines) is 1. The molecule has 3 aliphatic rings. The Kier molecular flexibility index (Phi) is 10.4. The quantitative estimate of drug-likeness (QED) is 0.208. The van der Waals surface area contributed by atoms with Crippen LogP contribution in [-0.4, -0.2) is 18.0 Å². The number of hydrogen-bond donors (Lipinski definition) is 0. The second-order valence-corrected chi connectivity index (χ2v) is 13.5. The van der Waals surface area contributed by atoms with Crippen molar-refractivity contribution in [1.82, 2.24) is 4.90 Å². The molecular weight excluding hydrogens is 548 g/mol. The van der Waals surface area contributed by atoms with E-state index in [9.17, 15) is 4.39 Å². The zero-order valence-electron chi connectivity index (χ0n) is 25.1. The smallest absolute Gasteiger partial charge is 0.130 e. The number of benzene rings is 3. The van der Waals surface area contributed by atoms with Gasteiger partial charge in [0.05, 0.1) is 0 Å². The number of halogens is 1. The Hall–Kier alpha value is -3.26. The van der Waals surface area contributed by atoms with E-state index in [4.69, 9.17) is 4.74 Å². The fourth-order valence-electron chi connectivity index (χ4n) is 6.49. The van der Waals surface area contributed by atoms with E-state index in [-0.39, 0.29) is 5.82 Å². The van der Waals surface area contributed by atoms with Crippen molar-refractivity contribution in [2.75, 3.05) is 13.1 Å². The SMILES string of the molecule is Fc1ccc(Pc2cc(CC3C=CC=CC3)cc(CC3C=CC=CC3)c2OCc2ccccc2)c(CN2CCCCC2)c1. The maximum atomic E-state index is 14.6. The number of rotatable bonds is 11. The Balaban J connectivity index is 1.37. The zero-order chi connectivity index (χ0) is 29.3. The van der Waals surface area contributed by atoms with Crippen LogP contribution in [0.3, 0.4) is 0 Å². The molecule has 3 aromatic carbocycles. The minimum Gasteiger partial charge on any atom is -0.488 e. The molecule has 0 aromatic heterocycles. The molecule has 1 saturated heterocycles. The van der Waals surface area contributed by atoms with Crippen LogP contribution in [0.5, 0.6) is 5.75 Å². The van der Waals surface area contributed by atoms with Crippen LogP contribution >= 0.6 is 8.58 Å². The summed E-state index contributed by atoms with van der Waals surface area (Å²) in [6.07, 6.45) is 25.7. The number of piperidine rings is 1. The van der Waals surface area contributed by atoms with Crippen LogP contribution in [0.15, 0.2) is 109 Å². The second kappa shape index (κ2) is 15.0. The molecule has 1 fully saturated rings. The summed E-state index contributed by atoms with van der Waals surface area (Å²) < 4.78 is 21.4. The van der Waals surface area contributed by atoms with Crippen LogP contribution in [0.1, 0.15) is 54.4 Å². The van der Waals surface area contributed by atoms with Crippen molar-refractivity contribution >= 4 is 19.2 Å². The average Bonchev–Trinajstić information content (AvgIpc) is 3.04. The van der Waals surface area contributed by atoms with Crippen LogP contribution < -0.4 is 15.3 Å². The lowest BCUT2D eigenvalue weighted by atomic mass is 9.89. The number of allylic oxidation sites excluding steroid dienone is 8. The van der Waals surface area contributed by atoms with Gasteiger partial charge in [-0.25, -0.2) is 4.39 Å². The van der Waals surface area contributed by atoms with Crippen molar-refractivity contribution in [3.05, 3.63) is 137 Å². The van der Waals surface area contributed by atoms with Gasteiger partial charge in [0.2, 0.25) is 0 Å². The van der Waals surface area contributed by atoms with Gasteiger partial charge in [0.25, 0.3) is 0 Å². The van der Waals surface area contributed by atoms with E-state index in [2.05, 4.69) is 89.9 Å². The molecule has 2 nitrogen and oxygen atoms in total. The first-order valence-corrected chi connectivity index (χ1v) is 17.0. The van der Waals surface area contributed by atoms with Crippen LogP contribution in [0.4, 0.5) is 4.39 Å². The van der Waals surface area contributed by atoms with Crippen molar-refractivity contribution in [2.24, 2.45) is 11.8 Å². The summed E-state index contributed by atoms with van der Waals surface area (Å²) in [5, 5.41) is 2.46. The Morgan fingerprint density at radius 3 is 2.19 bits per heavy atom. The molecule has 3 aromatic rings. The predicted molar refractivity (Wildman–Crippen MR) is 181 cm³/mol. The lowest BCUT2D eigenvalue weighted by Gasteiger charge is -2.27. The highest BCUT2D eigenvalue weighted by Crippen LogP contribution is 2.32. The second-order valence-electron chi connectivity index (χ2n) is 12.2. The molecule has 0 radical (unpaired) electrons. The first kappa shape index (κ1) is 29.8. The molecule has 0 saturated carbocycles. The molecule has 1 heterocycles. The number of ether oxygens (including phenoxy) is 1. The molecule has 2 aliphatic carbocycles. The molecule has 0 amide bonds. The van der Waals surface area contributed by atoms with Crippen molar-refractivity contribution in [1.29, 1.82) is 0 Å². The summed E-state index contributed by atoms with van der Waals surface area (Å²) in [4.78, 5) is 2.49. The topological polar surface area (TPSA) is 12.5 Å². The van der Waals surface area contributed by atoms with Gasteiger partial charge in [-0.1, -0.05) is 106 Å². The molecule has 4 heteroatoms. The molecule has 0 spiro atoms. The maximum absolute atomic E-state index is 14.6. The summed E-state index contributed by atoms with van der Waals surface area (Å²) in [6, 6.07) is 20.7. The Bertz CT molecular complexity index is 1480. The predicted octanol–water partition coefficient (Wildman–Crippen LogP) is 8.37. The Morgan fingerprint density at radius 2 is 1.47 bits per heavy atom. The monoisotopic (exact) mass is 591 g/mol. The zero-order valence-corrected chi connectivity index (χ0v) is 26.1. The van der Waals surface area contributed by atoms with Crippen LogP contribution in [-0.2, 0) is 26.0 Å². The third-order valence-corrected chi connectivity index (χ3v) is 10.1. The van der Waals surface area contributed by atoms with Gasteiger partial charge in [0.1, 0.15) is 18.2 Å². The molecule has 1 aliphatic heterocycles. The average molecular weight is 592 g/mol. The maximum Gasteiger partial charge on any atom is 0.130 e. The van der Waals surface area contributed by atoms with E-state index in [1.165, 1.54) is 46.6 Å². The molecule has 3 unspecified atom stereocenters. The summed E-state index contributed by atoms with van der Waals surface area (Å²) in [7, 11) is 0.394. The van der Waals surface area contributed by atoms with E-state index in [1.807, 2.05) is 12.1 Å². The fraction of sp³-hybridized carbons (Fsp3) is 0.333. The van der Waals surface area contributed by atoms with Gasteiger partial charge < -0.3 is 4.74 Å². The summed E-state index contributed by atoms with van der Waals surface area (Å²) >= 11 is 0. The molecular formula is C39H43FNOP. The van der Waals surface area contributed by atoms with Crippen molar-refractivity contribution in [2.45, 2.75) is 58.1 Å². The minimum atomic E-state index is -0.148. The van der Waals surface area contributed by atoms with Crippen LogP contribution in [0.2, 0.25) is 0 Å². The van der Waals surface area contributed by atoms with Gasteiger partial charge in [-0.2, -0.15) is 0 Å². The third-order valence-electron chi connectivity index (χ3n) is 8.75. The van der Waals surface area contributed by atoms with Crippen LogP contribution in [0.25, 0.3) is 0 Å². The molecule has 0 N–H and O–H groups in total. The van der Waals surface area contributed by atoms with E-state index in [1.54, 1.807) is 12.1 Å². The van der Waals surface area contributed by atoms with Gasteiger partial charge in [-0.15, -0.1) is 0 Å². The fourth-order valence-corrected chi connectivity index (χ4v) is 7.86. The highest BCUT2D eigenvalue weighted by Gasteiger charge is 2.20. The molecule has 3 atom stereocenters. The van der Waals surface area contributed by atoms with Gasteiger partial charge in [0.15, 0.2) is 0 Å². The normalized spacial score (nSPS) is 20.3. The molecule has 0 bridgehead atoms. The van der Waals surface area contributed by atoms with Gasteiger partial charge in [-0.05, 0) is 109 Å². The molecule has 43 heavy (non-hydrogen) atoms. The summed E-state index contributed by atoms with van der Waals surface area (Å²) in [6.45, 7) is 3.53. The van der Waals surface area contributed by atoms with Gasteiger partial charge >= 0.3 is 0 Å². The molecule has 6 rings (SSSR count).